The highest BCUT2D eigenvalue weighted by molar-refractivity contribution is 6.00. The molecule has 0 fully saturated rings. The van der Waals surface area contributed by atoms with Crippen LogP contribution < -0.4 is 10.1 Å². The molecule has 0 bridgehead atoms. The lowest BCUT2D eigenvalue weighted by Crippen LogP contribution is -2.36. The van der Waals surface area contributed by atoms with Crippen molar-refractivity contribution in [2.45, 2.75) is 13.8 Å². The number of aryl methyl sites for hydroxylation is 1. The van der Waals surface area contributed by atoms with Crippen molar-refractivity contribution in [3.63, 3.8) is 0 Å². The molecule has 1 aromatic heterocycles. The van der Waals surface area contributed by atoms with E-state index < -0.39 is 5.91 Å². The summed E-state index contributed by atoms with van der Waals surface area (Å²) in [5.74, 6) is 0.367. The van der Waals surface area contributed by atoms with Gasteiger partial charge in [0.05, 0.1) is 13.2 Å². The fourth-order valence-corrected chi connectivity index (χ4v) is 2.07. The molecule has 22 heavy (non-hydrogen) atoms. The van der Waals surface area contributed by atoms with Crippen molar-refractivity contribution in [3.8, 4) is 5.75 Å². The van der Waals surface area contributed by atoms with Gasteiger partial charge in [-0.3, -0.25) is 9.59 Å². The van der Waals surface area contributed by atoms with Crippen molar-refractivity contribution in [2.24, 2.45) is 0 Å². The molecular formula is C16H20N2O4. The van der Waals surface area contributed by atoms with Gasteiger partial charge in [0, 0.05) is 25.0 Å². The van der Waals surface area contributed by atoms with Gasteiger partial charge in [0.25, 0.3) is 5.91 Å². The highest BCUT2D eigenvalue weighted by atomic mass is 16.5. The van der Waals surface area contributed by atoms with Crippen LogP contribution in [-0.4, -0.2) is 44.0 Å². The van der Waals surface area contributed by atoms with Crippen molar-refractivity contribution < 1.29 is 18.7 Å². The summed E-state index contributed by atoms with van der Waals surface area (Å²) >= 11 is 0. The van der Waals surface area contributed by atoms with E-state index in [9.17, 15) is 9.59 Å². The third-order valence-electron chi connectivity index (χ3n) is 3.32. The van der Waals surface area contributed by atoms with Gasteiger partial charge in [0.2, 0.25) is 5.91 Å². The zero-order valence-electron chi connectivity index (χ0n) is 13.2. The summed E-state index contributed by atoms with van der Waals surface area (Å²) in [6.07, 6.45) is 0. The van der Waals surface area contributed by atoms with Gasteiger partial charge in [0.1, 0.15) is 11.3 Å². The smallest absolute Gasteiger partial charge is 0.287 e. The molecule has 1 heterocycles. The number of ether oxygens (including phenoxy) is 1. The van der Waals surface area contributed by atoms with E-state index in [4.69, 9.17) is 9.15 Å². The lowest BCUT2D eigenvalue weighted by Gasteiger charge is -2.10. The molecule has 2 rings (SSSR count). The summed E-state index contributed by atoms with van der Waals surface area (Å²) in [4.78, 5) is 25.1. The van der Waals surface area contributed by atoms with Gasteiger partial charge in [-0.1, -0.05) is 0 Å². The van der Waals surface area contributed by atoms with E-state index >= 15 is 0 Å². The zero-order chi connectivity index (χ0) is 16.3. The van der Waals surface area contributed by atoms with E-state index in [0.29, 0.717) is 12.2 Å². The number of rotatable bonds is 5. The number of fused-ring (bicyclic) bond motifs is 1. The van der Waals surface area contributed by atoms with Crippen LogP contribution in [0.2, 0.25) is 0 Å². The number of nitrogens with one attached hydrogen (secondary N) is 1. The van der Waals surface area contributed by atoms with Crippen molar-refractivity contribution in [1.29, 1.82) is 0 Å². The van der Waals surface area contributed by atoms with E-state index in [-0.39, 0.29) is 18.2 Å². The molecule has 0 radical (unpaired) electrons. The zero-order valence-corrected chi connectivity index (χ0v) is 13.2. The van der Waals surface area contributed by atoms with Crippen LogP contribution in [0, 0.1) is 6.92 Å². The first-order valence-electron chi connectivity index (χ1n) is 7.08. The maximum absolute atomic E-state index is 12.2. The monoisotopic (exact) mass is 304 g/mol. The number of hydrogen-bond acceptors (Lipinski definition) is 4. The Morgan fingerprint density at radius 1 is 1.32 bits per heavy atom. The minimum Gasteiger partial charge on any atom is -0.494 e. The lowest BCUT2D eigenvalue weighted by atomic mass is 10.1. The first-order valence-corrected chi connectivity index (χ1v) is 7.08. The number of carbonyl (C=O) groups excluding carboxylic acids is 2. The fraction of sp³-hybridized carbons (Fsp3) is 0.375. The molecule has 0 atom stereocenters. The normalized spacial score (nSPS) is 10.5. The maximum Gasteiger partial charge on any atom is 0.287 e. The minimum absolute atomic E-state index is 0.0630. The molecule has 0 saturated heterocycles. The Hall–Kier alpha value is -2.50. The van der Waals surface area contributed by atoms with Gasteiger partial charge in [-0.05, 0) is 32.0 Å². The molecule has 0 aliphatic heterocycles. The Labute approximate surface area is 129 Å². The largest absolute Gasteiger partial charge is 0.494 e. The van der Waals surface area contributed by atoms with Crippen LogP contribution in [-0.2, 0) is 4.79 Å². The number of likely N-dealkylation sites (N-methyl/N-ethyl adjacent to an activating group) is 1. The molecule has 2 aromatic rings. The van der Waals surface area contributed by atoms with Gasteiger partial charge in [0.15, 0.2) is 5.76 Å². The number of hydrogen-bond donors (Lipinski definition) is 1. The quantitative estimate of drug-likeness (QED) is 0.916. The maximum atomic E-state index is 12.2. The van der Waals surface area contributed by atoms with Gasteiger partial charge in [-0.25, -0.2) is 0 Å². The van der Waals surface area contributed by atoms with E-state index in [0.717, 1.165) is 16.7 Å². The summed E-state index contributed by atoms with van der Waals surface area (Å²) in [5.41, 5.74) is 1.34. The topological polar surface area (TPSA) is 71.8 Å². The van der Waals surface area contributed by atoms with Crippen molar-refractivity contribution >= 4 is 22.8 Å². The molecular weight excluding hydrogens is 284 g/mol. The molecule has 0 aliphatic rings. The van der Waals surface area contributed by atoms with Crippen molar-refractivity contribution in [1.82, 2.24) is 10.2 Å². The van der Waals surface area contributed by atoms with Crippen LogP contribution in [0.3, 0.4) is 0 Å². The van der Waals surface area contributed by atoms with Crippen LogP contribution in [0.5, 0.6) is 5.75 Å². The summed E-state index contributed by atoms with van der Waals surface area (Å²) in [6.45, 7) is 4.23. The third-order valence-corrected chi connectivity index (χ3v) is 3.32. The Morgan fingerprint density at radius 2 is 2.05 bits per heavy atom. The SMILES string of the molecule is CCOc1ccc2oc(C(=O)NCC(=O)N(C)C)c(C)c2c1. The van der Waals surface area contributed by atoms with E-state index in [1.807, 2.05) is 19.9 Å². The molecule has 0 unspecified atom stereocenters. The Morgan fingerprint density at radius 3 is 2.68 bits per heavy atom. The highest BCUT2D eigenvalue weighted by Crippen LogP contribution is 2.28. The standard InChI is InChI=1S/C16H20N2O4/c1-5-21-11-6-7-13-12(8-11)10(2)15(22-13)16(20)17-9-14(19)18(3)4/h6-8H,5,9H2,1-4H3,(H,17,20). The van der Waals surface area contributed by atoms with E-state index in [1.54, 1.807) is 26.2 Å². The molecule has 1 aromatic carbocycles. The average molecular weight is 304 g/mol. The summed E-state index contributed by atoms with van der Waals surface area (Å²) in [7, 11) is 3.27. The molecule has 6 nitrogen and oxygen atoms in total. The second-order valence-corrected chi connectivity index (χ2v) is 5.12. The molecule has 1 N–H and O–H groups in total. The highest BCUT2D eigenvalue weighted by Gasteiger charge is 2.19. The van der Waals surface area contributed by atoms with E-state index in [2.05, 4.69) is 5.32 Å². The van der Waals surface area contributed by atoms with Gasteiger partial charge >= 0.3 is 0 Å². The summed E-state index contributed by atoms with van der Waals surface area (Å²) in [6, 6.07) is 5.42. The second-order valence-electron chi connectivity index (χ2n) is 5.12. The molecule has 0 aliphatic carbocycles. The Bertz CT molecular complexity index is 703. The number of amides is 2. The van der Waals surface area contributed by atoms with E-state index in [1.165, 1.54) is 4.90 Å². The van der Waals surface area contributed by atoms with Gasteiger partial charge < -0.3 is 19.4 Å². The predicted molar refractivity (Wildman–Crippen MR) is 83.1 cm³/mol. The second kappa shape index (κ2) is 6.51. The number of furan rings is 1. The number of benzene rings is 1. The lowest BCUT2D eigenvalue weighted by molar-refractivity contribution is -0.127. The fourth-order valence-electron chi connectivity index (χ4n) is 2.07. The Balaban J connectivity index is 2.22. The van der Waals surface area contributed by atoms with Crippen molar-refractivity contribution in [2.75, 3.05) is 27.2 Å². The van der Waals surface area contributed by atoms with Gasteiger partial charge in [-0.2, -0.15) is 0 Å². The molecule has 0 spiro atoms. The summed E-state index contributed by atoms with van der Waals surface area (Å²) in [5, 5.41) is 3.40. The third kappa shape index (κ3) is 3.21. The molecule has 0 saturated carbocycles. The summed E-state index contributed by atoms with van der Waals surface area (Å²) < 4.78 is 11.0. The first-order chi connectivity index (χ1) is 10.4. The van der Waals surface area contributed by atoms with Gasteiger partial charge in [-0.15, -0.1) is 0 Å². The average Bonchev–Trinajstić information content (AvgIpc) is 2.82. The number of nitrogens with zero attached hydrogens (tertiary/aromatic N) is 1. The molecule has 6 heteroatoms. The van der Waals surface area contributed by atoms with Crippen LogP contribution in [0.15, 0.2) is 22.6 Å². The molecule has 2 amide bonds. The Kier molecular flexibility index (Phi) is 4.70. The predicted octanol–water partition coefficient (Wildman–Crippen LogP) is 1.96. The van der Waals surface area contributed by atoms with Crippen LogP contribution in [0.25, 0.3) is 11.0 Å². The first kappa shape index (κ1) is 15.9. The van der Waals surface area contributed by atoms with Crippen LogP contribution >= 0.6 is 0 Å². The number of carbonyl (C=O) groups is 2. The van der Waals surface area contributed by atoms with Crippen molar-refractivity contribution in [3.05, 3.63) is 29.5 Å². The molecule has 118 valence electrons. The minimum atomic E-state index is -0.401. The van der Waals surface area contributed by atoms with Crippen LogP contribution in [0.1, 0.15) is 23.0 Å². The van der Waals surface area contributed by atoms with Crippen LogP contribution in [0.4, 0.5) is 0 Å².